The zero-order valence-corrected chi connectivity index (χ0v) is 17.0. The van der Waals surface area contributed by atoms with E-state index in [-0.39, 0.29) is 5.56 Å². The van der Waals surface area contributed by atoms with Crippen LogP contribution < -0.4 is 10.5 Å². The first-order valence-electron chi connectivity index (χ1n) is 10.1. The van der Waals surface area contributed by atoms with E-state index in [0.717, 1.165) is 49.1 Å². The van der Waals surface area contributed by atoms with E-state index in [4.69, 9.17) is 0 Å². The summed E-state index contributed by atoms with van der Waals surface area (Å²) in [5.41, 5.74) is 1.69. The van der Waals surface area contributed by atoms with Crippen LogP contribution in [0.4, 0.5) is 5.13 Å². The van der Waals surface area contributed by atoms with E-state index in [0.29, 0.717) is 12.5 Å². The molecule has 1 aliphatic carbocycles. The Hall–Kier alpha value is -2.65. The van der Waals surface area contributed by atoms with E-state index in [2.05, 4.69) is 30.1 Å². The summed E-state index contributed by atoms with van der Waals surface area (Å²) >= 11 is 1.75. The van der Waals surface area contributed by atoms with Gasteiger partial charge in [0.25, 0.3) is 5.56 Å². The Morgan fingerprint density at radius 1 is 0.966 bits per heavy atom. The fourth-order valence-electron chi connectivity index (χ4n) is 3.53. The average Bonchev–Trinajstić information content (AvgIpc) is 3.51. The second-order valence-corrected chi connectivity index (χ2v) is 8.53. The second kappa shape index (κ2) is 8.00. The number of rotatable bonds is 6. The highest BCUT2D eigenvalue weighted by molar-refractivity contribution is 7.15. The van der Waals surface area contributed by atoms with E-state index >= 15 is 0 Å². The molecular weight excluding hydrogens is 386 g/mol. The molecule has 150 valence electrons. The molecule has 29 heavy (non-hydrogen) atoms. The van der Waals surface area contributed by atoms with Crippen LogP contribution in [0.5, 0.6) is 0 Å². The van der Waals surface area contributed by atoms with Gasteiger partial charge in [-0.15, -0.1) is 10.2 Å². The Labute approximate surface area is 172 Å². The van der Waals surface area contributed by atoms with Gasteiger partial charge >= 0.3 is 0 Å². The van der Waals surface area contributed by atoms with Crippen LogP contribution in [0, 0.1) is 0 Å². The number of aromatic nitrogens is 5. The molecule has 1 saturated carbocycles. The maximum absolute atomic E-state index is 12.2. The van der Waals surface area contributed by atoms with Gasteiger partial charge in [-0.2, -0.15) is 5.10 Å². The molecule has 8 nitrogen and oxygen atoms in total. The summed E-state index contributed by atoms with van der Waals surface area (Å²) in [6.07, 6.45) is 5.99. The summed E-state index contributed by atoms with van der Waals surface area (Å²) in [5.74, 6) is 0.663. The van der Waals surface area contributed by atoms with Crippen molar-refractivity contribution in [2.75, 3.05) is 37.6 Å². The third-order valence-corrected chi connectivity index (χ3v) is 6.62. The summed E-state index contributed by atoms with van der Waals surface area (Å²) in [6, 6.07) is 7.16. The molecule has 0 radical (unpaired) electrons. The molecule has 3 aromatic heterocycles. The Morgan fingerprint density at radius 2 is 1.76 bits per heavy atom. The summed E-state index contributed by atoms with van der Waals surface area (Å²) in [6.45, 7) is 5.19. The number of piperazine rings is 1. The SMILES string of the molecule is O=c1ccc(-c2ccncc2)nn1CCN1CCN(c2nnc(C3CC3)s2)CC1. The van der Waals surface area contributed by atoms with Gasteiger partial charge in [0.05, 0.1) is 12.2 Å². The number of anilines is 1. The Kier molecular flexibility index (Phi) is 5.07. The number of nitrogens with zero attached hydrogens (tertiary/aromatic N) is 7. The predicted octanol–water partition coefficient (Wildman–Crippen LogP) is 1.86. The normalized spacial score (nSPS) is 17.6. The lowest BCUT2D eigenvalue weighted by Crippen LogP contribution is -2.47. The van der Waals surface area contributed by atoms with E-state index in [1.54, 1.807) is 40.5 Å². The summed E-state index contributed by atoms with van der Waals surface area (Å²) in [4.78, 5) is 21.0. The summed E-state index contributed by atoms with van der Waals surface area (Å²) < 4.78 is 1.56. The van der Waals surface area contributed by atoms with E-state index in [9.17, 15) is 4.79 Å². The highest BCUT2D eigenvalue weighted by Gasteiger charge is 2.29. The predicted molar refractivity (Wildman–Crippen MR) is 112 cm³/mol. The minimum atomic E-state index is -0.0668. The minimum absolute atomic E-state index is 0.0668. The Balaban J connectivity index is 1.17. The first-order chi connectivity index (χ1) is 14.3. The van der Waals surface area contributed by atoms with Crippen LogP contribution >= 0.6 is 11.3 Å². The molecule has 0 atom stereocenters. The van der Waals surface area contributed by atoms with Gasteiger partial charge in [0.15, 0.2) is 0 Å². The van der Waals surface area contributed by atoms with Crippen LogP contribution in [-0.4, -0.2) is 62.6 Å². The van der Waals surface area contributed by atoms with Crippen molar-refractivity contribution in [3.63, 3.8) is 0 Å². The van der Waals surface area contributed by atoms with E-state index in [1.165, 1.54) is 17.8 Å². The van der Waals surface area contributed by atoms with Crippen LogP contribution in [-0.2, 0) is 6.54 Å². The van der Waals surface area contributed by atoms with Gasteiger partial charge in [-0.1, -0.05) is 11.3 Å². The van der Waals surface area contributed by atoms with Crippen molar-refractivity contribution in [3.8, 4) is 11.3 Å². The fourth-order valence-corrected chi connectivity index (χ4v) is 4.60. The molecule has 2 aliphatic rings. The van der Waals surface area contributed by atoms with Crippen molar-refractivity contribution in [2.45, 2.75) is 25.3 Å². The van der Waals surface area contributed by atoms with E-state index < -0.39 is 0 Å². The zero-order valence-electron chi connectivity index (χ0n) is 16.1. The van der Waals surface area contributed by atoms with Crippen LogP contribution in [0.2, 0.25) is 0 Å². The van der Waals surface area contributed by atoms with Gasteiger partial charge in [-0.25, -0.2) is 4.68 Å². The highest BCUT2D eigenvalue weighted by Crippen LogP contribution is 2.42. The molecule has 4 heterocycles. The van der Waals surface area contributed by atoms with Gasteiger partial charge in [0.2, 0.25) is 5.13 Å². The topological polar surface area (TPSA) is 80.0 Å². The van der Waals surface area contributed by atoms with Crippen molar-refractivity contribution < 1.29 is 0 Å². The molecule has 0 aromatic carbocycles. The quantitative estimate of drug-likeness (QED) is 0.615. The molecule has 1 aliphatic heterocycles. The van der Waals surface area contributed by atoms with Crippen molar-refractivity contribution in [1.82, 2.24) is 29.9 Å². The molecule has 0 amide bonds. The number of pyridine rings is 1. The molecule has 1 saturated heterocycles. The molecule has 0 unspecified atom stereocenters. The standard InChI is InChI=1S/C20H23N7OS/c28-18-4-3-17(15-5-7-21-8-6-15)24-27(18)14-11-25-9-12-26(13-10-25)20-23-22-19(29-20)16-1-2-16/h3-8,16H,1-2,9-14H2. The van der Waals surface area contributed by atoms with Crippen molar-refractivity contribution in [3.05, 3.63) is 52.0 Å². The lowest BCUT2D eigenvalue weighted by molar-refractivity contribution is 0.242. The lowest BCUT2D eigenvalue weighted by Gasteiger charge is -2.34. The molecule has 5 rings (SSSR count). The summed E-state index contributed by atoms with van der Waals surface area (Å²) in [5, 5.41) is 15.5. The maximum atomic E-state index is 12.2. The van der Waals surface area contributed by atoms with Crippen LogP contribution in [0.1, 0.15) is 23.8 Å². The molecule has 3 aromatic rings. The van der Waals surface area contributed by atoms with Gasteiger partial charge in [-0.05, 0) is 31.0 Å². The van der Waals surface area contributed by atoms with Gasteiger partial charge in [0, 0.05) is 62.7 Å². The van der Waals surface area contributed by atoms with E-state index in [1.807, 2.05) is 12.1 Å². The van der Waals surface area contributed by atoms with Crippen molar-refractivity contribution in [1.29, 1.82) is 0 Å². The monoisotopic (exact) mass is 409 g/mol. The molecule has 0 bridgehead atoms. The third kappa shape index (κ3) is 4.20. The average molecular weight is 410 g/mol. The molecule has 2 fully saturated rings. The van der Waals surface area contributed by atoms with Gasteiger partial charge in [0.1, 0.15) is 5.01 Å². The molecular formula is C20H23N7OS. The zero-order chi connectivity index (χ0) is 19.6. The smallest absolute Gasteiger partial charge is 0.266 e. The Bertz CT molecular complexity index is 1020. The molecule has 0 spiro atoms. The highest BCUT2D eigenvalue weighted by atomic mass is 32.1. The second-order valence-electron chi connectivity index (χ2n) is 7.54. The number of hydrogen-bond donors (Lipinski definition) is 0. The number of hydrogen-bond acceptors (Lipinski definition) is 8. The first kappa shape index (κ1) is 18.4. The molecule has 0 N–H and O–H groups in total. The van der Waals surface area contributed by atoms with Crippen molar-refractivity contribution in [2.24, 2.45) is 0 Å². The van der Waals surface area contributed by atoms with Crippen LogP contribution in [0.25, 0.3) is 11.3 Å². The third-order valence-electron chi connectivity index (χ3n) is 5.47. The maximum Gasteiger partial charge on any atom is 0.266 e. The lowest BCUT2D eigenvalue weighted by atomic mass is 10.2. The first-order valence-corrected chi connectivity index (χ1v) is 10.9. The minimum Gasteiger partial charge on any atom is -0.344 e. The van der Waals surface area contributed by atoms with Gasteiger partial charge in [-0.3, -0.25) is 14.7 Å². The Morgan fingerprint density at radius 3 is 2.52 bits per heavy atom. The summed E-state index contributed by atoms with van der Waals surface area (Å²) in [7, 11) is 0. The molecule has 9 heteroatoms. The van der Waals surface area contributed by atoms with Gasteiger partial charge < -0.3 is 4.90 Å². The van der Waals surface area contributed by atoms with Crippen LogP contribution in [0.15, 0.2) is 41.5 Å². The van der Waals surface area contributed by atoms with Crippen molar-refractivity contribution >= 4 is 16.5 Å². The largest absolute Gasteiger partial charge is 0.344 e. The van der Waals surface area contributed by atoms with Crippen LogP contribution in [0.3, 0.4) is 0 Å². The fraction of sp³-hybridized carbons (Fsp3) is 0.450.